The van der Waals surface area contributed by atoms with E-state index in [4.69, 9.17) is 9.41 Å². The summed E-state index contributed by atoms with van der Waals surface area (Å²) in [7, 11) is 0. The molecule has 2 aliphatic carbocycles. The largest absolute Gasteiger partial charge is 0.459 e. The third kappa shape index (κ3) is 4.43. The van der Waals surface area contributed by atoms with Gasteiger partial charge in [-0.05, 0) is 56.1 Å². The van der Waals surface area contributed by atoms with Crippen molar-refractivity contribution in [2.75, 3.05) is 39.3 Å². The number of rotatable bonds is 5. The minimum atomic E-state index is -0.0151. The van der Waals surface area contributed by atoms with Gasteiger partial charge in [-0.1, -0.05) is 6.42 Å². The molecule has 0 unspecified atom stereocenters. The van der Waals surface area contributed by atoms with Crippen molar-refractivity contribution in [2.45, 2.75) is 39.0 Å². The topological polar surface area (TPSA) is 61.1 Å². The number of hydrogen-bond acceptors (Lipinski definition) is 3. The second-order valence-corrected chi connectivity index (χ2v) is 7.92. The number of aliphatic imine (C=N–C) groups is 1. The first-order chi connectivity index (χ1) is 12.7. The van der Waals surface area contributed by atoms with Gasteiger partial charge in [0.15, 0.2) is 11.7 Å². The maximum Gasteiger partial charge on any atom is 0.289 e. The van der Waals surface area contributed by atoms with Crippen LogP contribution in [0.4, 0.5) is 0 Å². The molecule has 150 valence electrons. The Morgan fingerprint density at radius 2 is 1.96 bits per heavy atom. The van der Waals surface area contributed by atoms with Gasteiger partial charge in [-0.3, -0.25) is 9.79 Å². The van der Waals surface area contributed by atoms with E-state index in [0.717, 1.165) is 38.1 Å². The Bertz CT molecular complexity index is 645. The van der Waals surface area contributed by atoms with Gasteiger partial charge >= 0.3 is 0 Å². The maximum atomic E-state index is 12.4. The summed E-state index contributed by atoms with van der Waals surface area (Å²) < 4.78 is 5.24. The number of amides is 1. The highest BCUT2D eigenvalue weighted by atomic mass is 127. The Balaban J connectivity index is 0.00000210. The fourth-order valence-electron chi connectivity index (χ4n) is 4.36. The van der Waals surface area contributed by atoms with E-state index >= 15 is 0 Å². The molecule has 1 saturated heterocycles. The van der Waals surface area contributed by atoms with E-state index in [-0.39, 0.29) is 29.9 Å². The summed E-state index contributed by atoms with van der Waals surface area (Å²) in [6.07, 6.45) is 8.43. The molecule has 0 aromatic carbocycles. The van der Waals surface area contributed by atoms with Crippen molar-refractivity contribution in [1.82, 2.24) is 15.1 Å². The summed E-state index contributed by atoms with van der Waals surface area (Å²) in [5.41, 5.74) is 0.498. The monoisotopic (exact) mass is 486 g/mol. The van der Waals surface area contributed by atoms with Crippen LogP contribution in [-0.2, 0) is 0 Å². The minimum absolute atomic E-state index is 0. The number of halogens is 1. The highest BCUT2D eigenvalue weighted by Crippen LogP contribution is 2.57. The number of carbonyl (C=O) groups excluding carboxylic acids is 1. The lowest BCUT2D eigenvalue weighted by atomic mass is 9.65. The standard InChI is InChI=1S/C20H30N4O2.HI/c1-2-21-19(22-15-20(8-4-9-20)16-6-7-16)24-12-10-23(11-13-24)18(25)17-5-3-14-26-17;/h3,5,14,16H,2,4,6-13,15H2,1H3,(H,21,22);1H. The van der Waals surface area contributed by atoms with Gasteiger partial charge < -0.3 is 19.5 Å². The van der Waals surface area contributed by atoms with Crippen LogP contribution in [0.25, 0.3) is 0 Å². The molecule has 2 saturated carbocycles. The van der Waals surface area contributed by atoms with E-state index in [9.17, 15) is 4.79 Å². The predicted molar refractivity (Wildman–Crippen MR) is 117 cm³/mol. The first kappa shape index (κ1) is 20.5. The number of piperazine rings is 1. The van der Waals surface area contributed by atoms with E-state index in [2.05, 4.69) is 17.1 Å². The summed E-state index contributed by atoms with van der Waals surface area (Å²) in [5, 5.41) is 3.46. The van der Waals surface area contributed by atoms with Crippen LogP contribution in [0.2, 0.25) is 0 Å². The zero-order valence-corrected chi connectivity index (χ0v) is 18.5. The lowest BCUT2D eigenvalue weighted by Gasteiger charge is -2.42. The molecule has 0 bridgehead atoms. The molecule has 0 atom stereocenters. The predicted octanol–water partition coefficient (Wildman–Crippen LogP) is 3.20. The van der Waals surface area contributed by atoms with Crippen LogP contribution < -0.4 is 5.32 Å². The molecule has 1 N–H and O–H groups in total. The van der Waals surface area contributed by atoms with Crippen molar-refractivity contribution in [3.05, 3.63) is 24.2 Å². The molecule has 27 heavy (non-hydrogen) atoms. The Morgan fingerprint density at radius 1 is 1.26 bits per heavy atom. The van der Waals surface area contributed by atoms with Crippen molar-refractivity contribution < 1.29 is 9.21 Å². The van der Waals surface area contributed by atoms with Gasteiger partial charge in [0, 0.05) is 39.3 Å². The molecule has 3 fully saturated rings. The average molecular weight is 486 g/mol. The van der Waals surface area contributed by atoms with Crippen LogP contribution in [0, 0.1) is 11.3 Å². The first-order valence-corrected chi connectivity index (χ1v) is 10.1. The van der Waals surface area contributed by atoms with Crippen LogP contribution in [0.5, 0.6) is 0 Å². The molecule has 7 heteroatoms. The van der Waals surface area contributed by atoms with Gasteiger partial charge in [-0.15, -0.1) is 24.0 Å². The normalized spacial score (nSPS) is 22.0. The van der Waals surface area contributed by atoms with Crippen LogP contribution in [0.15, 0.2) is 27.8 Å². The van der Waals surface area contributed by atoms with Crippen LogP contribution in [0.1, 0.15) is 49.6 Å². The Kier molecular flexibility index (Phi) is 6.70. The van der Waals surface area contributed by atoms with Crippen LogP contribution in [-0.4, -0.2) is 60.9 Å². The lowest BCUT2D eigenvalue weighted by molar-refractivity contribution is 0.0656. The third-order valence-electron chi connectivity index (χ3n) is 6.27. The molecule has 1 aromatic heterocycles. The van der Waals surface area contributed by atoms with E-state index in [1.807, 2.05) is 4.90 Å². The minimum Gasteiger partial charge on any atom is -0.459 e. The molecule has 6 nitrogen and oxygen atoms in total. The van der Waals surface area contributed by atoms with E-state index in [0.29, 0.717) is 24.3 Å². The van der Waals surface area contributed by atoms with Crippen molar-refractivity contribution >= 4 is 35.8 Å². The Hall–Kier alpha value is -1.25. The number of nitrogens with zero attached hydrogens (tertiary/aromatic N) is 3. The summed E-state index contributed by atoms with van der Waals surface area (Å²) in [4.78, 5) is 21.6. The zero-order chi connectivity index (χ0) is 18.0. The first-order valence-electron chi connectivity index (χ1n) is 10.1. The van der Waals surface area contributed by atoms with Gasteiger partial charge in [-0.2, -0.15) is 0 Å². The summed E-state index contributed by atoms with van der Waals surface area (Å²) in [6, 6.07) is 3.49. The lowest BCUT2D eigenvalue weighted by Crippen LogP contribution is -2.54. The molecule has 2 heterocycles. The number of furan rings is 1. The van der Waals surface area contributed by atoms with Crippen molar-refractivity contribution in [3.8, 4) is 0 Å². The van der Waals surface area contributed by atoms with Crippen molar-refractivity contribution in [1.29, 1.82) is 0 Å². The Labute approximate surface area is 178 Å². The van der Waals surface area contributed by atoms with Gasteiger partial charge in [0.1, 0.15) is 0 Å². The quantitative estimate of drug-likeness (QED) is 0.395. The SMILES string of the molecule is CCNC(=NCC1(C2CC2)CCC1)N1CCN(C(=O)c2ccco2)CC1.I. The van der Waals surface area contributed by atoms with Gasteiger partial charge in [-0.25, -0.2) is 0 Å². The summed E-state index contributed by atoms with van der Waals surface area (Å²) in [5.74, 6) is 2.35. The molecular weight excluding hydrogens is 455 g/mol. The number of hydrogen-bond donors (Lipinski definition) is 1. The van der Waals surface area contributed by atoms with Crippen LogP contribution in [0.3, 0.4) is 0 Å². The number of guanidine groups is 1. The fraction of sp³-hybridized carbons (Fsp3) is 0.700. The van der Waals surface area contributed by atoms with Gasteiger partial charge in [0.2, 0.25) is 0 Å². The molecule has 0 spiro atoms. The summed E-state index contributed by atoms with van der Waals surface area (Å²) in [6.45, 7) is 7.00. The second-order valence-electron chi connectivity index (χ2n) is 7.92. The Morgan fingerprint density at radius 3 is 2.48 bits per heavy atom. The highest BCUT2D eigenvalue weighted by molar-refractivity contribution is 14.0. The number of carbonyl (C=O) groups is 1. The van der Waals surface area contributed by atoms with E-state index < -0.39 is 0 Å². The molecule has 1 aromatic rings. The fourth-order valence-corrected chi connectivity index (χ4v) is 4.36. The molecule has 1 aliphatic heterocycles. The molecule has 1 amide bonds. The van der Waals surface area contributed by atoms with Crippen LogP contribution >= 0.6 is 24.0 Å². The second kappa shape index (κ2) is 8.84. The van der Waals surface area contributed by atoms with Crippen molar-refractivity contribution in [3.63, 3.8) is 0 Å². The molecule has 4 rings (SSSR count). The maximum absolute atomic E-state index is 12.4. The van der Waals surface area contributed by atoms with E-state index in [1.165, 1.54) is 32.1 Å². The average Bonchev–Trinajstić information content (AvgIpc) is 3.33. The number of nitrogens with one attached hydrogen (secondary N) is 1. The van der Waals surface area contributed by atoms with Gasteiger partial charge in [0.25, 0.3) is 5.91 Å². The third-order valence-corrected chi connectivity index (χ3v) is 6.27. The highest BCUT2D eigenvalue weighted by Gasteiger charge is 2.48. The molecular formula is C20H31IN4O2. The summed E-state index contributed by atoms with van der Waals surface area (Å²) >= 11 is 0. The molecule has 3 aliphatic rings. The van der Waals surface area contributed by atoms with Crippen molar-refractivity contribution in [2.24, 2.45) is 16.3 Å². The molecule has 0 radical (unpaired) electrons. The zero-order valence-electron chi connectivity index (χ0n) is 16.2. The smallest absolute Gasteiger partial charge is 0.289 e. The van der Waals surface area contributed by atoms with Gasteiger partial charge in [0.05, 0.1) is 6.26 Å². The van der Waals surface area contributed by atoms with E-state index in [1.54, 1.807) is 18.4 Å².